The number of nitrogens with two attached hydrogens (primary N) is 2. The molecule has 0 spiro atoms. The normalized spacial score (nSPS) is 13.1. The van der Waals surface area contributed by atoms with Gasteiger partial charge in [-0.05, 0) is 30.3 Å². The van der Waals surface area contributed by atoms with Crippen LogP contribution in [0.2, 0.25) is 0 Å². The molecule has 26 heavy (non-hydrogen) atoms. The highest BCUT2D eigenvalue weighted by molar-refractivity contribution is 7.92. The molecule has 1 aliphatic rings. The van der Waals surface area contributed by atoms with Gasteiger partial charge in [-0.2, -0.15) is 0 Å². The summed E-state index contributed by atoms with van der Waals surface area (Å²) in [4.78, 5) is 22.7. The number of amides is 2. The maximum atomic E-state index is 12.6. The Morgan fingerprint density at radius 1 is 0.885 bits per heavy atom. The number of nitrogens with one attached hydrogen (secondary N) is 1. The van der Waals surface area contributed by atoms with E-state index in [1.807, 2.05) is 0 Å². The average Bonchev–Trinajstić information content (AvgIpc) is 2.60. The number of ether oxygens (including phenoxy) is 2. The summed E-state index contributed by atoms with van der Waals surface area (Å²) in [5, 5.41) is 0. The number of primary amides is 2. The van der Waals surface area contributed by atoms with Gasteiger partial charge in [-0.15, -0.1) is 0 Å². The van der Waals surface area contributed by atoms with Crippen LogP contribution in [0.5, 0.6) is 11.5 Å². The van der Waals surface area contributed by atoms with Crippen molar-refractivity contribution >= 4 is 27.5 Å². The number of hydrogen-bond acceptors (Lipinski definition) is 6. The third-order valence-corrected chi connectivity index (χ3v) is 4.96. The van der Waals surface area contributed by atoms with Gasteiger partial charge in [0.25, 0.3) is 10.0 Å². The van der Waals surface area contributed by atoms with E-state index in [0.29, 0.717) is 24.7 Å². The van der Waals surface area contributed by atoms with Crippen molar-refractivity contribution in [3.05, 3.63) is 47.5 Å². The monoisotopic (exact) mass is 377 g/mol. The number of sulfonamides is 1. The minimum absolute atomic E-state index is 0.0232. The first-order chi connectivity index (χ1) is 12.3. The molecule has 0 fully saturated rings. The second kappa shape index (κ2) is 6.56. The van der Waals surface area contributed by atoms with E-state index in [-0.39, 0.29) is 21.7 Å². The highest BCUT2D eigenvalue weighted by Gasteiger charge is 2.20. The molecule has 5 N–H and O–H groups in total. The molecule has 0 unspecified atom stereocenters. The fraction of sp³-hybridized carbons (Fsp3) is 0.125. The molecule has 0 radical (unpaired) electrons. The van der Waals surface area contributed by atoms with E-state index in [0.717, 1.165) is 0 Å². The minimum atomic E-state index is -4.02. The van der Waals surface area contributed by atoms with Gasteiger partial charge < -0.3 is 20.9 Å². The molecule has 0 saturated carbocycles. The molecule has 0 aromatic heterocycles. The van der Waals surface area contributed by atoms with Crippen LogP contribution in [-0.4, -0.2) is 33.4 Å². The first-order valence-electron chi connectivity index (χ1n) is 7.43. The Morgan fingerprint density at radius 3 is 2.04 bits per heavy atom. The van der Waals surface area contributed by atoms with E-state index in [4.69, 9.17) is 20.9 Å². The number of hydrogen-bond donors (Lipinski definition) is 3. The molecule has 0 aliphatic carbocycles. The maximum absolute atomic E-state index is 12.6. The number of rotatable bonds is 5. The fourth-order valence-corrected chi connectivity index (χ4v) is 3.43. The van der Waals surface area contributed by atoms with Crippen molar-refractivity contribution in [3.63, 3.8) is 0 Å². The Morgan fingerprint density at radius 2 is 1.46 bits per heavy atom. The predicted molar refractivity (Wildman–Crippen MR) is 91.7 cm³/mol. The summed E-state index contributed by atoms with van der Waals surface area (Å²) >= 11 is 0. The van der Waals surface area contributed by atoms with Crippen molar-refractivity contribution in [1.29, 1.82) is 0 Å². The molecule has 0 saturated heterocycles. The molecular formula is C16H15N3O6S. The molecule has 3 rings (SSSR count). The molecule has 10 heteroatoms. The summed E-state index contributed by atoms with van der Waals surface area (Å²) in [6.07, 6.45) is 0. The quantitative estimate of drug-likeness (QED) is 0.688. The van der Waals surface area contributed by atoms with Gasteiger partial charge >= 0.3 is 0 Å². The molecular weight excluding hydrogens is 362 g/mol. The molecule has 136 valence electrons. The number of anilines is 1. The topological polar surface area (TPSA) is 151 Å². The molecule has 2 aromatic carbocycles. The third kappa shape index (κ3) is 3.54. The molecule has 1 heterocycles. The lowest BCUT2D eigenvalue weighted by molar-refractivity contribution is 0.0999. The highest BCUT2D eigenvalue weighted by Crippen LogP contribution is 2.32. The van der Waals surface area contributed by atoms with Crippen molar-refractivity contribution in [2.75, 3.05) is 17.9 Å². The van der Waals surface area contributed by atoms with E-state index in [2.05, 4.69) is 4.72 Å². The Balaban J connectivity index is 1.97. The summed E-state index contributed by atoms with van der Waals surface area (Å²) in [5.74, 6) is -0.898. The van der Waals surface area contributed by atoms with Crippen LogP contribution in [0, 0.1) is 0 Å². The minimum Gasteiger partial charge on any atom is -0.486 e. The lowest BCUT2D eigenvalue weighted by atomic mass is 10.1. The van der Waals surface area contributed by atoms with E-state index < -0.39 is 21.8 Å². The van der Waals surface area contributed by atoms with Gasteiger partial charge in [0, 0.05) is 17.2 Å². The largest absolute Gasteiger partial charge is 0.486 e. The van der Waals surface area contributed by atoms with Gasteiger partial charge in [-0.3, -0.25) is 14.3 Å². The Kier molecular flexibility index (Phi) is 4.43. The van der Waals surface area contributed by atoms with Gasteiger partial charge in [0.15, 0.2) is 11.5 Å². The smallest absolute Gasteiger partial charge is 0.262 e. The molecule has 2 aromatic rings. The van der Waals surface area contributed by atoms with Crippen molar-refractivity contribution in [2.45, 2.75) is 4.90 Å². The lowest BCUT2D eigenvalue weighted by Gasteiger charge is -2.19. The summed E-state index contributed by atoms with van der Waals surface area (Å²) in [5.41, 5.74) is 10.3. The Bertz CT molecular complexity index is 971. The van der Waals surface area contributed by atoms with Crippen molar-refractivity contribution in [1.82, 2.24) is 0 Å². The highest BCUT2D eigenvalue weighted by atomic mass is 32.2. The Hall–Kier alpha value is -3.27. The third-order valence-electron chi connectivity index (χ3n) is 3.58. The van der Waals surface area contributed by atoms with Gasteiger partial charge in [-0.1, -0.05) is 0 Å². The van der Waals surface area contributed by atoms with Crippen molar-refractivity contribution in [3.8, 4) is 11.5 Å². The van der Waals surface area contributed by atoms with E-state index in [1.165, 1.54) is 36.4 Å². The van der Waals surface area contributed by atoms with Gasteiger partial charge in [0.2, 0.25) is 11.8 Å². The molecule has 1 aliphatic heterocycles. The fourth-order valence-electron chi connectivity index (χ4n) is 2.38. The van der Waals surface area contributed by atoms with Gasteiger partial charge in [-0.25, -0.2) is 8.42 Å². The lowest BCUT2D eigenvalue weighted by Crippen LogP contribution is -2.19. The number of carbonyl (C=O) groups excluding carboxylic acids is 2. The zero-order valence-corrected chi connectivity index (χ0v) is 14.2. The van der Waals surface area contributed by atoms with Crippen molar-refractivity contribution < 1.29 is 27.5 Å². The van der Waals surface area contributed by atoms with Crippen LogP contribution < -0.4 is 25.7 Å². The maximum Gasteiger partial charge on any atom is 0.262 e. The average molecular weight is 377 g/mol. The zero-order valence-electron chi connectivity index (χ0n) is 13.4. The van der Waals surface area contributed by atoms with E-state index in [1.54, 1.807) is 0 Å². The molecule has 9 nitrogen and oxygen atoms in total. The number of benzene rings is 2. The van der Waals surface area contributed by atoms with Gasteiger partial charge in [0.05, 0.1) is 10.6 Å². The predicted octanol–water partition coefficient (Wildman–Crippen LogP) is 0.456. The SMILES string of the molecule is NC(=O)c1cc(NS(=O)(=O)c2ccc3c(c2)OCCO3)cc(C(N)=O)c1. The van der Waals surface area contributed by atoms with Crippen LogP contribution in [0.25, 0.3) is 0 Å². The van der Waals surface area contributed by atoms with Crippen LogP contribution >= 0.6 is 0 Å². The molecule has 0 bridgehead atoms. The summed E-state index contributed by atoms with van der Waals surface area (Å²) in [7, 11) is -4.02. The van der Waals surface area contributed by atoms with Crippen molar-refractivity contribution in [2.24, 2.45) is 11.5 Å². The van der Waals surface area contributed by atoms with E-state index >= 15 is 0 Å². The molecule has 0 atom stereocenters. The van der Waals surface area contributed by atoms with Crippen LogP contribution in [0.4, 0.5) is 5.69 Å². The number of carbonyl (C=O) groups is 2. The second-order valence-electron chi connectivity index (χ2n) is 5.44. The molecule has 2 amide bonds. The first-order valence-corrected chi connectivity index (χ1v) is 8.92. The van der Waals surface area contributed by atoms with E-state index in [9.17, 15) is 18.0 Å². The van der Waals surface area contributed by atoms with Crippen LogP contribution in [0.3, 0.4) is 0 Å². The van der Waals surface area contributed by atoms with Crippen LogP contribution in [0.1, 0.15) is 20.7 Å². The second-order valence-corrected chi connectivity index (χ2v) is 7.12. The summed E-state index contributed by atoms with van der Waals surface area (Å²) in [6.45, 7) is 0.694. The Labute approximate surface area is 148 Å². The van der Waals surface area contributed by atoms with Crippen LogP contribution in [0.15, 0.2) is 41.3 Å². The summed E-state index contributed by atoms with van der Waals surface area (Å²) in [6, 6.07) is 7.77. The number of fused-ring (bicyclic) bond motifs is 1. The zero-order chi connectivity index (χ0) is 18.9. The van der Waals surface area contributed by atoms with Gasteiger partial charge in [0.1, 0.15) is 13.2 Å². The summed E-state index contributed by atoms with van der Waals surface area (Å²) < 4.78 is 38.2. The standard InChI is InChI=1S/C16H15N3O6S/c17-15(20)9-5-10(16(18)21)7-11(6-9)19-26(22,23)12-1-2-13-14(8-12)25-4-3-24-13/h1-2,5-8,19H,3-4H2,(H2,17,20)(H2,18,21). The first kappa shape index (κ1) is 17.5. The van der Waals surface area contributed by atoms with Crippen LogP contribution in [-0.2, 0) is 10.0 Å².